The van der Waals surface area contributed by atoms with Crippen molar-refractivity contribution in [3.8, 4) is 11.6 Å². The molecular weight excluding hydrogens is 360 g/mol. The standard InChI is InChI=1S/C20H26N4O4/c1-22-18(25)15(19(26)23(2)20(22)27)12-21-13-16(24-10-6-7-11-24)14-8-4-5-9-17(14)28-3/h4-5,8-9,12,16,25H,6-7,10-11,13H2,1-3H3. The molecule has 2 heterocycles. The third-order valence-electron chi connectivity index (χ3n) is 5.25. The highest BCUT2D eigenvalue weighted by Gasteiger charge is 2.25. The van der Waals surface area contributed by atoms with Gasteiger partial charge in [0.2, 0.25) is 5.88 Å². The smallest absolute Gasteiger partial charge is 0.333 e. The minimum absolute atomic E-state index is 0.00444. The van der Waals surface area contributed by atoms with Gasteiger partial charge in [0.25, 0.3) is 5.56 Å². The van der Waals surface area contributed by atoms with Crippen molar-refractivity contribution in [2.45, 2.75) is 18.9 Å². The van der Waals surface area contributed by atoms with E-state index < -0.39 is 11.2 Å². The summed E-state index contributed by atoms with van der Waals surface area (Å²) in [5.41, 5.74) is -0.102. The molecular formula is C20H26N4O4. The number of para-hydroxylation sites is 1. The summed E-state index contributed by atoms with van der Waals surface area (Å²) in [6.07, 6.45) is 3.63. The Balaban J connectivity index is 1.93. The van der Waals surface area contributed by atoms with Crippen LogP contribution < -0.4 is 16.0 Å². The fourth-order valence-corrected chi connectivity index (χ4v) is 3.62. The van der Waals surface area contributed by atoms with Crippen molar-refractivity contribution in [3.05, 3.63) is 56.2 Å². The average molecular weight is 386 g/mol. The molecule has 1 unspecified atom stereocenters. The minimum atomic E-state index is -0.580. The molecule has 0 spiro atoms. The van der Waals surface area contributed by atoms with Crippen LogP contribution in [0.4, 0.5) is 0 Å². The van der Waals surface area contributed by atoms with Crippen molar-refractivity contribution < 1.29 is 9.84 Å². The molecule has 0 amide bonds. The Labute approximate surface area is 163 Å². The summed E-state index contributed by atoms with van der Waals surface area (Å²) in [6, 6.07) is 7.86. The molecule has 8 heteroatoms. The van der Waals surface area contributed by atoms with Crippen molar-refractivity contribution in [2.24, 2.45) is 19.1 Å². The van der Waals surface area contributed by atoms with Gasteiger partial charge in [-0.25, -0.2) is 4.79 Å². The molecule has 0 radical (unpaired) electrons. The fourth-order valence-electron chi connectivity index (χ4n) is 3.62. The van der Waals surface area contributed by atoms with Crippen LogP contribution in [0.1, 0.15) is 30.0 Å². The van der Waals surface area contributed by atoms with Crippen LogP contribution in [-0.4, -0.2) is 52.1 Å². The lowest BCUT2D eigenvalue weighted by Gasteiger charge is -2.27. The lowest BCUT2D eigenvalue weighted by Crippen LogP contribution is -2.38. The van der Waals surface area contributed by atoms with Crippen LogP contribution in [0.2, 0.25) is 0 Å². The molecule has 3 rings (SSSR count). The number of ether oxygens (including phenoxy) is 1. The van der Waals surface area contributed by atoms with E-state index in [1.165, 1.54) is 20.3 Å². The molecule has 150 valence electrons. The molecule has 1 N–H and O–H groups in total. The number of aromatic hydroxyl groups is 1. The van der Waals surface area contributed by atoms with Crippen molar-refractivity contribution in [1.82, 2.24) is 14.0 Å². The van der Waals surface area contributed by atoms with E-state index in [1.54, 1.807) is 7.11 Å². The monoisotopic (exact) mass is 386 g/mol. The number of hydrogen-bond donors (Lipinski definition) is 1. The van der Waals surface area contributed by atoms with Gasteiger partial charge in [0, 0.05) is 25.9 Å². The second kappa shape index (κ2) is 8.43. The summed E-state index contributed by atoms with van der Waals surface area (Å²) in [6.45, 7) is 2.36. The molecule has 1 aliphatic heterocycles. The van der Waals surface area contributed by atoms with Crippen LogP contribution in [0, 0.1) is 0 Å². The first-order valence-electron chi connectivity index (χ1n) is 9.31. The van der Waals surface area contributed by atoms with E-state index in [1.807, 2.05) is 24.3 Å². The molecule has 1 atom stereocenters. The average Bonchev–Trinajstić information content (AvgIpc) is 3.25. The van der Waals surface area contributed by atoms with Crippen LogP contribution in [0.5, 0.6) is 11.6 Å². The SMILES string of the molecule is COc1ccccc1C(CN=Cc1c(O)n(C)c(=O)n(C)c1=O)N1CCCC1. The lowest BCUT2D eigenvalue weighted by molar-refractivity contribution is 0.246. The Morgan fingerprint density at radius 1 is 1.18 bits per heavy atom. The lowest BCUT2D eigenvalue weighted by atomic mass is 10.0. The largest absolute Gasteiger partial charge is 0.496 e. The van der Waals surface area contributed by atoms with E-state index in [-0.39, 0.29) is 17.5 Å². The fraction of sp³-hybridized carbons (Fsp3) is 0.450. The molecule has 0 saturated carbocycles. The maximum atomic E-state index is 12.3. The molecule has 0 aliphatic carbocycles. The number of likely N-dealkylation sites (tertiary alicyclic amines) is 1. The van der Waals surface area contributed by atoms with E-state index in [2.05, 4.69) is 9.89 Å². The number of aliphatic imine (C=N–C) groups is 1. The Morgan fingerprint density at radius 2 is 1.86 bits per heavy atom. The molecule has 0 bridgehead atoms. The zero-order chi connectivity index (χ0) is 20.3. The van der Waals surface area contributed by atoms with Gasteiger partial charge >= 0.3 is 5.69 Å². The topological polar surface area (TPSA) is 89.1 Å². The van der Waals surface area contributed by atoms with Crippen LogP contribution in [-0.2, 0) is 14.1 Å². The molecule has 1 saturated heterocycles. The van der Waals surface area contributed by atoms with Gasteiger partial charge in [-0.3, -0.25) is 23.8 Å². The van der Waals surface area contributed by atoms with E-state index in [4.69, 9.17) is 4.74 Å². The Bertz CT molecular complexity index is 987. The number of rotatable bonds is 6. The van der Waals surface area contributed by atoms with Gasteiger partial charge in [-0.15, -0.1) is 0 Å². The highest BCUT2D eigenvalue weighted by atomic mass is 16.5. The maximum absolute atomic E-state index is 12.3. The highest BCUT2D eigenvalue weighted by molar-refractivity contribution is 5.81. The zero-order valence-corrected chi connectivity index (χ0v) is 16.5. The van der Waals surface area contributed by atoms with Crippen molar-refractivity contribution in [3.63, 3.8) is 0 Å². The van der Waals surface area contributed by atoms with Gasteiger partial charge in [0.1, 0.15) is 11.3 Å². The van der Waals surface area contributed by atoms with E-state index in [0.29, 0.717) is 6.54 Å². The van der Waals surface area contributed by atoms with Crippen LogP contribution in [0.3, 0.4) is 0 Å². The minimum Gasteiger partial charge on any atom is -0.496 e. The number of nitrogens with zero attached hydrogens (tertiary/aromatic N) is 4. The van der Waals surface area contributed by atoms with Crippen LogP contribution in [0.25, 0.3) is 0 Å². The second-order valence-electron chi connectivity index (χ2n) is 6.94. The molecule has 8 nitrogen and oxygen atoms in total. The first-order chi connectivity index (χ1) is 13.5. The molecule has 1 aromatic heterocycles. The Kier molecular flexibility index (Phi) is 5.99. The summed E-state index contributed by atoms with van der Waals surface area (Å²) in [5.74, 6) is 0.419. The maximum Gasteiger partial charge on any atom is 0.333 e. The molecule has 28 heavy (non-hydrogen) atoms. The second-order valence-corrected chi connectivity index (χ2v) is 6.94. The van der Waals surface area contributed by atoms with Crippen LogP contribution >= 0.6 is 0 Å². The summed E-state index contributed by atoms with van der Waals surface area (Å²) in [7, 11) is 4.44. The Hall–Kier alpha value is -2.87. The molecule has 1 aliphatic rings. The molecule has 2 aromatic rings. The summed E-state index contributed by atoms with van der Waals surface area (Å²) in [5, 5.41) is 10.2. The predicted octanol–water partition coefficient (Wildman–Crippen LogP) is 1.05. The van der Waals surface area contributed by atoms with Crippen molar-refractivity contribution in [2.75, 3.05) is 26.7 Å². The number of aromatic nitrogens is 2. The van der Waals surface area contributed by atoms with Gasteiger partial charge in [-0.1, -0.05) is 18.2 Å². The van der Waals surface area contributed by atoms with Gasteiger partial charge < -0.3 is 9.84 Å². The van der Waals surface area contributed by atoms with E-state index in [9.17, 15) is 14.7 Å². The van der Waals surface area contributed by atoms with E-state index >= 15 is 0 Å². The first kappa shape index (κ1) is 19.9. The Morgan fingerprint density at radius 3 is 2.54 bits per heavy atom. The zero-order valence-electron chi connectivity index (χ0n) is 16.5. The van der Waals surface area contributed by atoms with Crippen LogP contribution in [0.15, 0.2) is 38.8 Å². The highest BCUT2D eigenvalue weighted by Crippen LogP contribution is 2.31. The van der Waals surface area contributed by atoms with Crippen molar-refractivity contribution >= 4 is 6.21 Å². The van der Waals surface area contributed by atoms with Crippen molar-refractivity contribution in [1.29, 1.82) is 0 Å². The van der Waals surface area contributed by atoms with Gasteiger partial charge in [-0.2, -0.15) is 0 Å². The number of hydrogen-bond acceptors (Lipinski definition) is 6. The predicted molar refractivity (Wildman–Crippen MR) is 108 cm³/mol. The molecule has 1 aromatic carbocycles. The first-order valence-corrected chi connectivity index (χ1v) is 9.31. The number of benzene rings is 1. The third-order valence-corrected chi connectivity index (χ3v) is 5.25. The normalized spacial score (nSPS) is 16.0. The quantitative estimate of drug-likeness (QED) is 0.750. The third kappa shape index (κ3) is 3.73. The summed E-state index contributed by atoms with van der Waals surface area (Å²) in [4.78, 5) is 31.0. The summed E-state index contributed by atoms with van der Waals surface area (Å²) >= 11 is 0. The van der Waals surface area contributed by atoms with Gasteiger partial charge in [0.05, 0.1) is 19.7 Å². The van der Waals surface area contributed by atoms with E-state index in [0.717, 1.165) is 46.4 Å². The van der Waals surface area contributed by atoms with Gasteiger partial charge in [0.15, 0.2) is 0 Å². The number of methoxy groups -OCH3 is 1. The summed E-state index contributed by atoms with van der Waals surface area (Å²) < 4.78 is 7.51. The van der Waals surface area contributed by atoms with Gasteiger partial charge in [-0.05, 0) is 32.0 Å². The molecule has 1 fully saturated rings.